The summed E-state index contributed by atoms with van der Waals surface area (Å²) >= 11 is 5.53. The Kier molecular flexibility index (Phi) is 6.96. The van der Waals surface area contributed by atoms with Crippen molar-refractivity contribution in [2.45, 2.75) is 33.3 Å². The third-order valence-electron chi connectivity index (χ3n) is 2.02. The second kappa shape index (κ2) is 7.39. The van der Waals surface area contributed by atoms with E-state index in [-0.39, 0.29) is 12.6 Å². The Morgan fingerprint density at radius 3 is 2.44 bits per heavy atom. The van der Waals surface area contributed by atoms with Gasteiger partial charge in [0.05, 0.1) is 11.5 Å². The lowest BCUT2D eigenvalue weighted by Gasteiger charge is -2.17. The first-order valence-electron chi connectivity index (χ1n) is 5.67. The molecule has 0 amide bonds. The van der Waals surface area contributed by atoms with Crippen molar-refractivity contribution < 1.29 is 14.6 Å². The number of ether oxygens (including phenoxy) is 1. The Morgan fingerprint density at radius 2 is 2.00 bits per heavy atom. The van der Waals surface area contributed by atoms with Gasteiger partial charge in [-0.1, -0.05) is 30.8 Å². The second-order valence-corrected chi connectivity index (χ2v) is 5.64. The van der Waals surface area contributed by atoms with Crippen LogP contribution in [-0.2, 0) is 9.53 Å². The molecule has 0 bridgehead atoms. The highest BCUT2D eigenvalue weighted by molar-refractivity contribution is 6.30. The first kappa shape index (κ1) is 16.9. The SMILES string of the molecule is C=C(Cl)/C=C/[C@@H](O)CC(=C)COC(=O)C(C)(C)C. The van der Waals surface area contributed by atoms with Crippen LogP contribution in [0.4, 0.5) is 0 Å². The van der Waals surface area contributed by atoms with Crippen LogP contribution in [0.2, 0.25) is 0 Å². The fraction of sp³-hybridized carbons (Fsp3) is 0.500. The van der Waals surface area contributed by atoms with Gasteiger partial charge in [-0.25, -0.2) is 0 Å². The number of hydrogen-bond acceptors (Lipinski definition) is 3. The van der Waals surface area contributed by atoms with E-state index >= 15 is 0 Å². The Hall–Kier alpha value is -1.06. The minimum Gasteiger partial charge on any atom is -0.461 e. The summed E-state index contributed by atoms with van der Waals surface area (Å²) in [6.07, 6.45) is 2.64. The van der Waals surface area contributed by atoms with Crippen LogP contribution in [0.5, 0.6) is 0 Å². The molecule has 0 aromatic carbocycles. The molecule has 0 heterocycles. The molecule has 0 spiro atoms. The molecular formula is C14H21ClO3. The van der Waals surface area contributed by atoms with Crippen molar-refractivity contribution in [1.82, 2.24) is 0 Å². The molecule has 18 heavy (non-hydrogen) atoms. The number of aliphatic hydroxyl groups is 1. The van der Waals surface area contributed by atoms with E-state index in [9.17, 15) is 9.90 Å². The van der Waals surface area contributed by atoms with Gasteiger partial charge in [0.1, 0.15) is 6.61 Å². The summed E-state index contributed by atoms with van der Waals surface area (Å²) < 4.78 is 5.08. The van der Waals surface area contributed by atoms with Crippen LogP contribution in [0.1, 0.15) is 27.2 Å². The summed E-state index contributed by atoms with van der Waals surface area (Å²) in [4.78, 5) is 11.5. The van der Waals surface area contributed by atoms with Gasteiger partial charge in [0, 0.05) is 11.5 Å². The molecule has 4 heteroatoms. The summed E-state index contributed by atoms with van der Waals surface area (Å²) in [6, 6.07) is 0. The Labute approximate surface area is 114 Å². The van der Waals surface area contributed by atoms with Gasteiger partial charge >= 0.3 is 5.97 Å². The maximum absolute atomic E-state index is 11.5. The van der Waals surface area contributed by atoms with E-state index in [4.69, 9.17) is 16.3 Å². The summed E-state index contributed by atoms with van der Waals surface area (Å²) in [5.41, 5.74) is 0.111. The zero-order valence-corrected chi connectivity index (χ0v) is 12.0. The van der Waals surface area contributed by atoms with Gasteiger partial charge in [-0.2, -0.15) is 0 Å². The lowest BCUT2D eigenvalue weighted by atomic mass is 9.97. The normalized spacial score (nSPS) is 13.4. The van der Waals surface area contributed by atoms with E-state index in [1.54, 1.807) is 20.8 Å². The molecule has 0 rings (SSSR count). The van der Waals surface area contributed by atoms with Crippen LogP contribution >= 0.6 is 11.6 Å². The molecule has 102 valence electrons. The monoisotopic (exact) mass is 272 g/mol. The van der Waals surface area contributed by atoms with Crippen LogP contribution in [-0.4, -0.2) is 23.8 Å². The van der Waals surface area contributed by atoms with E-state index in [0.29, 0.717) is 17.0 Å². The van der Waals surface area contributed by atoms with Crippen LogP contribution in [0.3, 0.4) is 0 Å². The summed E-state index contributed by atoms with van der Waals surface area (Å²) in [6.45, 7) is 12.7. The van der Waals surface area contributed by atoms with E-state index in [0.717, 1.165) is 0 Å². The van der Waals surface area contributed by atoms with Crippen molar-refractivity contribution in [2.75, 3.05) is 6.61 Å². The van der Waals surface area contributed by atoms with Crippen molar-refractivity contribution in [1.29, 1.82) is 0 Å². The Morgan fingerprint density at radius 1 is 1.44 bits per heavy atom. The number of esters is 1. The summed E-state index contributed by atoms with van der Waals surface area (Å²) in [7, 11) is 0. The molecule has 0 aliphatic heterocycles. The highest BCUT2D eigenvalue weighted by Crippen LogP contribution is 2.16. The smallest absolute Gasteiger partial charge is 0.311 e. The van der Waals surface area contributed by atoms with Gasteiger partial charge in [-0.3, -0.25) is 4.79 Å². The zero-order valence-electron chi connectivity index (χ0n) is 11.2. The summed E-state index contributed by atoms with van der Waals surface area (Å²) in [5.74, 6) is -0.289. The predicted molar refractivity (Wildman–Crippen MR) is 74.3 cm³/mol. The van der Waals surface area contributed by atoms with Crippen molar-refractivity contribution >= 4 is 17.6 Å². The molecule has 1 N–H and O–H groups in total. The number of carbonyl (C=O) groups excluding carboxylic acids is 1. The average molecular weight is 273 g/mol. The maximum atomic E-state index is 11.5. The van der Waals surface area contributed by atoms with Crippen molar-refractivity contribution in [3.63, 3.8) is 0 Å². The molecule has 0 saturated carbocycles. The van der Waals surface area contributed by atoms with Crippen LogP contribution in [0.15, 0.2) is 35.9 Å². The quantitative estimate of drug-likeness (QED) is 0.459. The number of aliphatic hydroxyl groups excluding tert-OH is 1. The molecule has 3 nitrogen and oxygen atoms in total. The summed E-state index contributed by atoms with van der Waals surface area (Å²) in [5, 5.41) is 9.95. The molecular weight excluding hydrogens is 252 g/mol. The van der Waals surface area contributed by atoms with Gasteiger partial charge in [0.2, 0.25) is 0 Å². The molecule has 0 aliphatic carbocycles. The highest BCUT2D eigenvalue weighted by atomic mass is 35.5. The lowest BCUT2D eigenvalue weighted by molar-refractivity contribution is -0.151. The topological polar surface area (TPSA) is 46.5 Å². The number of hydrogen-bond donors (Lipinski definition) is 1. The van der Waals surface area contributed by atoms with Crippen LogP contribution in [0.25, 0.3) is 0 Å². The van der Waals surface area contributed by atoms with Gasteiger partial charge in [0.25, 0.3) is 0 Å². The van der Waals surface area contributed by atoms with E-state index in [2.05, 4.69) is 13.2 Å². The minimum atomic E-state index is -0.707. The third-order valence-corrected chi connectivity index (χ3v) is 2.14. The maximum Gasteiger partial charge on any atom is 0.311 e. The van der Waals surface area contributed by atoms with Crippen molar-refractivity contribution in [3.05, 3.63) is 35.9 Å². The molecule has 0 radical (unpaired) electrons. The van der Waals surface area contributed by atoms with Gasteiger partial charge in [-0.05, 0) is 32.4 Å². The third kappa shape index (κ3) is 8.09. The van der Waals surface area contributed by atoms with E-state index in [1.807, 2.05) is 0 Å². The lowest BCUT2D eigenvalue weighted by Crippen LogP contribution is -2.24. The second-order valence-electron chi connectivity index (χ2n) is 5.15. The zero-order chi connectivity index (χ0) is 14.3. The standard InChI is InChI=1S/C14H21ClO3/c1-10(8-12(16)7-6-11(2)15)9-18-13(17)14(3,4)5/h6-7,12,16H,1-2,8-9H2,3-5H3/b7-6+/t12-/m1/s1. The largest absolute Gasteiger partial charge is 0.461 e. The Balaban J connectivity index is 4.06. The molecule has 0 aliphatic rings. The Bertz CT molecular complexity index is 351. The first-order chi connectivity index (χ1) is 8.12. The fourth-order valence-corrected chi connectivity index (χ4v) is 1.10. The van der Waals surface area contributed by atoms with Crippen molar-refractivity contribution in [2.24, 2.45) is 5.41 Å². The highest BCUT2D eigenvalue weighted by Gasteiger charge is 2.23. The minimum absolute atomic E-state index is 0.114. The van der Waals surface area contributed by atoms with Crippen LogP contribution < -0.4 is 0 Å². The van der Waals surface area contributed by atoms with Crippen molar-refractivity contribution in [3.8, 4) is 0 Å². The molecule has 0 fully saturated rings. The van der Waals surface area contributed by atoms with E-state index in [1.165, 1.54) is 12.2 Å². The van der Waals surface area contributed by atoms with Gasteiger partial charge < -0.3 is 9.84 Å². The van der Waals surface area contributed by atoms with Gasteiger partial charge in [0.15, 0.2) is 0 Å². The van der Waals surface area contributed by atoms with Crippen LogP contribution in [0, 0.1) is 5.41 Å². The average Bonchev–Trinajstić information content (AvgIpc) is 2.21. The molecule has 1 atom stereocenters. The number of halogens is 1. The number of rotatable bonds is 6. The number of carbonyl (C=O) groups is 1. The molecule has 0 aromatic rings. The van der Waals surface area contributed by atoms with Gasteiger partial charge in [-0.15, -0.1) is 0 Å². The molecule has 0 aromatic heterocycles. The first-order valence-corrected chi connectivity index (χ1v) is 6.05. The fourth-order valence-electron chi connectivity index (χ4n) is 1.02. The number of allylic oxidation sites excluding steroid dienone is 2. The molecule has 0 unspecified atom stereocenters. The predicted octanol–water partition coefficient (Wildman–Crippen LogP) is 3.19. The molecule has 0 saturated heterocycles. The van der Waals surface area contributed by atoms with E-state index < -0.39 is 11.5 Å².